The van der Waals surface area contributed by atoms with E-state index in [1.165, 1.54) is 23.6 Å². The zero-order valence-corrected chi connectivity index (χ0v) is 59.0. The number of amides is 16. The van der Waals surface area contributed by atoms with Crippen LogP contribution in [-0.4, -0.2) is 168 Å². The van der Waals surface area contributed by atoms with E-state index in [9.17, 15) is 76.7 Å². The Morgan fingerprint density at radius 2 is 0.891 bits per heavy atom. The predicted octanol–water partition coefficient (Wildman–Crippen LogP) is 5.03. The first-order chi connectivity index (χ1) is 46.5. The number of ether oxygens (including phenoxy) is 1. The summed E-state index contributed by atoms with van der Waals surface area (Å²) in [6, 6.07) is 0.490. The molecule has 2 fully saturated rings. The molecule has 16 amide bonds. The van der Waals surface area contributed by atoms with Gasteiger partial charge in [-0.05, 0) is 120 Å². The number of hydrogen-bond acceptors (Lipinski definition) is 17. The average molecular weight is 1430 g/mol. The predicted molar refractivity (Wildman–Crippen MR) is 384 cm³/mol. The van der Waals surface area contributed by atoms with E-state index in [0.717, 1.165) is 6.42 Å². The highest BCUT2D eigenvalue weighted by Gasteiger charge is 2.37. The van der Waals surface area contributed by atoms with Crippen molar-refractivity contribution in [2.24, 2.45) is 52.7 Å². The second kappa shape index (κ2) is 52.0. The minimum Gasteiger partial charge on any atom is -0.463 e. The first-order valence-corrected chi connectivity index (χ1v) is 33.8. The van der Waals surface area contributed by atoms with E-state index in [1.54, 1.807) is 65.8 Å². The summed E-state index contributed by atoms with van der Waals surface area (Å²) in [5, 5.41) is 23.8. The van der Waals surface area contributed by atoms with E-state index < -0.39 is 72.5 Å². The molecule has 101 heavy (non-hydrogen) atoms. The lowest BCUT2D eigenvalue weighted by atomic mass is 9.92. The van der Waals surface area contributed by atoms with Gasteiger partial charge in [-0.3, -0.25) is 72.1 Å². The molecule has 0 spiro atoms. The van der Waals surface area contributed by atoms with Crippen LogP contribution in [0.3, 0.4) is 0 Å². The van der Waals surface area contributed by atoms with Gasteiger partial charge in [0.15, 0.2) is 12.9 Å². The van der Waals surface area contributed by atoms with Crippen LogP contribution in [-0.2, 0) is 73.7 Å². The van der Waals surface area contributed by atoms with Crippen LogP contribution in [0.25, 0.3) is 0 Å². The van der Waals surface area contributed by atoms with Gasteiger partial charge in [-0.15, -0.1) is 0 Å². The molecule has 2 unspecified atom stereocenters. The highest BCUT2D eigenvalue weighted by Crippen LogP contribution is 2.22. The molecule has 0 radical (unpaired) electrons. The summed E-state index contributed by atoms with van der Waals surface area (Å²) in [7, 11) is 0. The van der Waals surface area contributed by atoms with E-state index in [4.69, 9.17) is 18.6 Å². The molecule has 1 aromatic carbocycles. The molecule has 0 bridgehead atoms. The summed E-state index contributed by atoms with van der Waals surface area (Å²) < 4.78 is 11.4. The molecule has 574 valence electrons. The first-order valence-electron chi connectivity index (χ1n) is 34.3. The average Bonchev–Trinajstić information content (AvgIpc) is 1.66. The Morgan fingerprint density at radius 3 is 1.21 bits per heavy atom. The number of nitrogens with one attached hydrogen (secondary N) is 9. The molecule has 31 heteroatoms. The zero-order chi connectivity index (χ0) is 75.1. The highest BCUT2D eigenvalue weighted by atomic mass is 16.5. The minimum atomic E-state index is -1.16. The first kappa shape index (κ1) is 94.0. The summed E-state index contributed by atoms with van der Waals surface area (Å²) >= 11 is 0. The standard InChI is InChI=1S/C30H44N6O8.C23H39N5O6.C14H27N3O3.3CH4/c1-19(2)26(35-24(38)9-5-4-6-15-36-25(39)16-20(3)29(36)42)28(41)34-23(8-7-14-32-30(31)43)27(40)33-22-12-10-21(11-13-22)17-44-18-37;1-14(2)20(21(32)26-17(16(4)29)9-8-11-25-23(24)34)27-18(30)10-6-5-7-12-28-19(31)13-15(3)22(28)33;1-5-11(9(2)3)13(19)17-12(10(4)18)7-6-8-16-14(15)20;;;/h10-13,18-20,23,26H,4-9,14-17H2,1-3H3,(H,33,40)(H,34,41)(H,35,38)(H3,31,32,43);14-15,17,20H,5-13H2,1-4H3,(H,26,32)(H,27,30)(H3,24,25,34);9,11-12H,5-8H2,1-4H3,(H,17,19)(H3,15,16,20);3*1H4/t20?,23-,26-;15?,17-,20-;11-,12-;;;/m000.../s1/i18D;;;;;. The lowest BCUT2D eigenvalue weighted by molar-refractivity contribution is -0.140. The fraction of sp³-hybridized carbons (Fsp3) is 0.686. The van der Waals surface area contributed by atoms with Gasteiger partial charge in [-0.1, -0.05) is 110 Å². The summed E-state index contributed by atoms with van der Waals surface area (Å²) in [6.07, 6.45) is 6.36. The van der Waals surface area contributed by atoms with Crippen molar-refractivity contribution in [2.75, 3.05) is 38.0 Å². The van der Waals surface area contributed by atoms with E-state index >= 15 is 0 Å². The molecule has 2 aliphatic heterocycles. The van der Waals surface area contributed by atoms with Crippen LogP contribution >= 0.6 is 0 Å². The molecule has 0 aromatic heterocycles. The third-order valence-electron chi connectivity index (χ3n) is 16.3. The molecule has 2 heterocycles. The van der Waals surface area contributed by atoms with Crippen LogP contribution in [0.15, 0.2) is 24.3 Å². The number of carbonyl (C=O) groups excluding carboxylic acids is 16. The molecular formula is C70H122N14O17. The number of ketones is 2. The van der Waals surface area contributed by atoms with Crippen LogP contribution < -0.4 is 65.1 Å². The second-order valence-corrected chi connectivity index (χ2v) is 25.7. The fourth-order valence-corrected chi connectivity index (χ4v) is 10.6. The number of nitrogens with two attached hydrogens (primary N) is 3. The van der Waals surface area contributed by atoms with Crippen molar-refractivity contribution < 1.29 is 82.8 Å². The molecular weight excluding hydrogens is 1310 g/mol. The van der Waals surface area contributed by atoms with Gasteiger partial charge in [0, 0.05) is 81.8 Å². The molecule has 3 rings (SSSR count). The van der Waals surface area contributed by atoms with Gasteiger partial charge in [-0.25, -0.2) is 14.4 Å². The molecule has 0 saturated carbocycles. The van der Waals surface area contributed by atoms with E-state index in [-0.39, 0.29) is 156 Å². The zero-order valence-electron chi connectivity index (χ0n) is 60.0. The third-order valence-corrected chi connectivity index (χ3v) is 16.3. The second-order valence-electron chi connectivity index (χ2n) is 25.7. The highest BCUT2D eigenvalue weighted by molar-refractivity contribution is 6.04. The fourth-order valence-electron chi connectivity index (χ4n) is 10.6. The van der Waals surface area contributed by atoms with E-state index in [1.807, 2.05) is 20.8 Å². The Labute approximate surface area is 598 Å². The van der Waals surface area contributed by atoms with Gasteiger partial charge in [0.1, 0.15) is 24.7 Å². The molecule has 15 N–H and O–H groups in total. The normalized spacial score (nSPS) is 15.6. The Kier molecular flexibility index (Phi) is 48.4. The summed E-state index contributed by atoms with van der Waals surface area (Å²) in [5.74, 6) is -3.99. The van der Waals surface area contributed by atoms with Crippen LogP contribution in [0.1, 0.15) is 215 Å². The van der Waals surface area contributed by atoms with Crippen molar-refractivity contribution in [1.29, 1.82) is 0 Å². The van der Waals surface area contributed by atoms with Gasteiger partial charge in [0.2, 0.25) is 59.1 Å². The number of primary amides is 3. The smallest absolute Gasteiger partial charge is 0.312 e. The largest absolute Gasteiger partial charge is 0.463 e. The van der Waals surface area contributed by atoms with Gasteiger partial charge in [0.25, 0.3) is 6.45 Å². The number of benzene rings is 1. The lowest BCUT2D eigenvalue weighted by Crippen LogP contribution is -2.54. The number of urea groups is 3. The maximum absolute atomic E-state index is 13.3. The van der Waals surface area contributed by atoms with Gasteiger partial charge in [-0.2, -0.15) is 0 Å². The molecule has 2 aliphatic rings. The van der Waals surface area contributed by atoms with Crippen molar-refractivity contribution in [3.8, 4) is 0 Å². The Morgan fingerprint density at radius 1 is 0.525 bits per heavy atom. The number of nitrogens with zero attached hydrogens (tertiary/aromatic N) is 2. The van der Waals surface area contributed by atoms with Crippen molar-refractivity contribution in [3.63, 3.8) is 0 Å². The number of carbonyl (C=O) groups is 16. The summed E-state index contributed by atoms with van der Waals surface area (Å²) in [4.78, 5) is 193. The van der Waals surface area contributed by atoms with E-state index in [0.29, 0.717) is 108 Å². The topological polar surface area (TPSA) is 475 Å². The number of rotatable bonds is 42. The number of imide groups is 2. The van der Waals surface area contributed by atoms with Gasteiger partial charge < -0.3 is 69.8 Å². The van der Waals surface area contributed by atoms with Crippen LogP contribution in [0.5, 0.6) is 0 Å². The summed E-state index contributed by atoms with van der Waals surface area (Å²) in [6.45, 7) is 20.9. The van der Waals surface area contributed by atoms with E-state index in [2.05, 4.69) is 52.6 Å². The number of hydrogen-bond donors (Lipinski definition) is 12. The molecule has 1 aromatic rings. The number of likely N-dealkylation sites (tertiary alicyclic amines) is 2. The van der Waals surface area contributed by atoms with Crippen molar-refractivity contribution in [3.05, 3.63) is 29.8 Å². The quantitative estimate of drug-likeness (QED) is 0.0232. The van der Waals surface area contributed by atoms with Gasteiger partial charge >= 0.3 is 18.1 Å². The Hall–Kier alpha value is -9.06. The van der Waals surface area contributed by atoms with Crippen LogP contribution in [0.2, 0.25) is 0 Å². The third kappa shape index (κ3) is 38.9. The molecule has 8 atom stereocenters. The number of Topliss-reactive ketones (excluding diaryl/α,β-unsaturated/α-hetero) is 2. The van der Waals surface area contributed by atoms with Crippen LogP contribution in [0, 0.1) is 35.5 Å². The number of anilines is 1. The molecule has 31 nitrogen and oxygen atoms in total. The monoisotopic (exact) mass is 1430 g/mol. The minimum absolute atomic E-state index is 0. The maximum Gasteiger partial charge on any atom is 0.312 e. The molecule has 2 saturated heterocycles. The summed E-state index contributed by atoms with van der Waals surface area (Å²) in [5.41, 5.74) is 16.1. The van der Waals surface area contributed by atoms with Crippen molar-refractivity contribution in [1.82, 2.24) is 52.3 Å². The number of unbranched alkanes of at least 4 members (excludes halogenated alkanes) is 4. The Bertz CT molecular complexity index is 2900. The lowest BCUT2D eigenvalue weighted by Gasteiger charge is -2.25. The van der Waals surface area contributed by atoms with Crippen molar-refractivity contribution in [2.45, 2.75) is 244 Å². The SMILES string of the molecule is C.C.C.CC(=O)[C@H](CCCNC(N)=O)NC(=O)[C@@H](NC(=O)CCCCCN1C(=O)CC(C)C1=O)C(C)C.CC[C@H](C(=O)N[C@@H](CCCNC(N)=O)C(C)=O)C(C)C.[2H]C(=O)OCc1ccc(NC(=O)[C@H](CCCNC(N)=O)NC(=O)[C@@H](NC(=O)CCCCCN2C(=O)CC(C)C2=O)C(C)C)cc1. The molecule has 0 aliphatic carbocycles. The Balaban J connectivity index is -0.00000152. The maximum atomic E-state index is 13.3. The van der Waals surface area contributed by atoms with Gasteiger partial charge in [0.05, 0.1) is 12.1 Å². The van der Waals surface area contributed by atoms with Crippen molar-refractivity contribution >= 4 is 101 Å². The van der Waals surface area contributed by atoms with Crippen LogP contribution in [0.4, 0.5) is 20.1 Å².